The van der Waals surface area contributed by atoms with Gasteiger partial charge in [0.25, 0.3) is 0 Å². The zero-order valence-electron chi connectivity index (χ0n) is 36.5. The summed E-state index contributed by atoms with van der Waals surface area (Å²) in [6.07, 6.45) is 15.8. The van der Waals surface area contributed by atoms with E-state index in [0.29, 0.717) is 11.1 Å². The standard InChI is InChI=1S/C51H54O12/c1-10-14-26-40(30-28-38-22-18-16-19-23-38)45(50(56)58-8)42(12-3)62-48(54)36(6)33-60-44(52)32-35(5)47(53)61-34-37(7)49(55)63-43(13-4)46(51(57)59-9)41(27-15-11-2)31-29-39-24-20-17-21-25-39/h10-11,14-31,33-34,42-43H,1-2,5,12-13,32H2,3-4,6-9H3. The number of allylic oxidation sites excluding steroid dienone is 10. The van der Waals surface area contributed by atoms with Crippen LogP contribution >= 0.6 is 0 Å². The fourth-order valence-corrected chi connectivity index (χ4v) is 5.30. The van der Waals surface area contributed by atoms with Gasteiger partial charge in [-0.15, -0.1) is 0 Å². The second kappa shape index (κ2) is 28.0. The number of ether oxygens (including phenoxy) is 6. The van der Waals surface area contributed by atoms with E-state index in [1.54, 1.807) is 62.5 Å². The maximum Gasteiger partial charge on any atom is 0.338 e. The second-order valence-electron chi connectivity index (χ2n) is 13.3. The molecule has 0 aliphatic heterocycles. The number of carbonyl (C=O) groups excluding carboxylic acids is 6. The third kappa shape index (κ3) is 17.5. The Bertz CT molecular complexity index is 2230. The summed E-state index contributed by atoms with van der Waals surface area (Å²) in [5.41, 5.74) is 2.07. The van der Waals surface area contributed by atoms with Gasteiger partial charge in [-0.25, -0.2) is 24.0 Å². The van der Waals surface area contributed by atoms with E-state index in [-0.39, 0.29) is 40.7 Å². The Morgan fingerprint density at radius 2 is 0.968 bits per heavy atom. The molecule has 2 aromatic carbocycles. The number of methoxy groups -OCH3 is 2. The van der Waals surface area contributed by atoms with Crippen molar-refractivity contribution in [2.45, 2.75) is 59.2 Å². The molecule has 0 N–H and O–H groups in total. The van der Waals surface area contributed by atoms with Crippen molar-refractivity contribution in [1.29, 1.82) is 0 Å². The van der Waals surface area contributed by atoms with Gasteiger partial charge >= 0.3 is 35.8 Å². The molecule has 0 radical (unpaired) electrons. The molecule has 0 saturated carbocycles. The minimum Gasteiger partial charge on any atom is -0.466 e. The van der Waals surface area contributed by atoms with Gasteiger partial charge in [0, 0.05) is 5.57 Å². The Balaban J connectivity index is 2.16. The summed E-state index contributed by atoms with van der Waals surface area (Å²) in [6, 6.07) is 18.7. The lowest BCUT2D eigenvalue weighted by atomic mass is 9.98. The Labute approximate surface area is 369 Å². The minimum atomic E-state index is -1.06. The van der Waals surface area contributed by atoms with Crippen LogP contribution in [0.3, 0.4) is 0 Å². The highest BCUT2D eigenvalue weighted by Crippen LogP contribution is 2.24. The molecule has 0 bridgehead atoms. The first-order valence-corrected chi connectivity index (χ1v) is 19.8. The molecule has 12 nitrogen and oxygen atoms in total. The molecule has 0 aliphatic rings. The number of hydrogen-bond donors (Lipinski definition) is 0. The number of rotatable bonds is 23. The minimum absolute atomic E-state index is 0.0681. The summed E-state index contributed by atoms with van der Waals surface area (Å²) in [6.45, 7) is 17.0. The first-order chi connectivity index (χ1) is 30.2. The number of carbonyl (C=O) groups is 6. The van der Waals surface area contributed by atoms with Crippen molar-refractivity contribution in [3.05, 3.63) is 192 Å². The Kier molecular flexibility index (Phi) is 22.9. The van der Waals surface area contributed by atoms with Crippen LogP contribution in [0.15, 0.2) is 181 Å². The molecule has 0 aliphatic carbocycles. The quantitative estimate of drug-likeness (QED) is 0.0343. The first-order valence-electron chi connectivity index (χ1n) is 19.8. The number of esters is 6. The molecule has 0 aromatic heterocycles. The molecule has 0 fully saturated rings. The van der Waals surface area contributed by atoms with Crippen LogP contribution in [0.25, 0.3) is 12.2 Å². The van der Waals surface area contributed by atoms with E-state index in [2.05, 4.69) is 19.7 Å². The number of hydrogen-bond acceptors (Lipinski definition) is 12. The van der Waals surface area contributed by atoms with Crippen molar-refractivity contribution in [3.63, 3.8) is 0 Å². The van der Waals surface area contributed by atoms with Crippen molar-refractivity contribution in [2.75, 3.05) is 14.2 Å². The summed E-state index contributed by atoms with van der Waals surface area (Å²) < 4.78 is 31.6. The molecular formula is C51H54O12. The van der Waals surface area contributed by atoms with Gasteiger partial charge in [0.1, 0.15) is 24.7 Å². The van der Waals surface area contributed by atoms with Crippen LogP contribution < -0.4 is 0 Å². The molecule has 0 amide bonds. The molecule has 0 heterocycles. The molecule has 2 rings (SSSR count). The highest BCUT2D eigenvalue weighted by Gasteiger charge is 2.29. The van der Waals surface area contributed by atoms with E-state index in [4.69, 9.17) is 28.4 Å². The Morgan fingerprint density at radius 1 is 0.571 bits per heavy atom. The van der Waals surface area contributed by atoms with Crippen LogP contribution in [-0.2, 0) is 57.2 Å². The smallest absolute Gasteiger partial charge is 0.338 e. The van der Waals surface area contributed by atoms with Crippen LogP contribution in [0.2, 0.25) is 0 Å². The molecule has 0 spiro atoms. The molecule has 2 aromatic rings. The monoisotopic (exact) mass is 858 g/mol. The summed E-state index contributed by atoms with van der Waals surface area (Å²) in [7, 11) is 2.42. The summed E-state index contributed by atoms with van der Waals surface area (Å²) in [5.74, 6) is -5.27. The molecule has 0 saturated heterocycles. The Morgan fingerprint density at radius 3 is 1.33 bits per heavy atom. The largest absolute Gasteiger partial charge is 0.466 e. The van der Waals surface area contributed by atoms with Gasteiger partial charge < -0.3 is 28.4 Å². The van der Waals surface area contributed by atoms with Crippen LogP contribution in [0.5, 0.6) is 0 Å². The maximum absolute atomic E-state index is 13.2. The van der Waals surface area contributed by atoms with Gasteiger partial charge in [0.15, 0.2) is 0 Å². The lowest BCUT2D eigenvalue weighted by molar-refractivity contribution is -0.147. The SMILES string of the molecule is C=CC=CC(C=Cc1ccccc1)=C(C(=O)OC)C(CC)OC(=O)C(C)=COC(=O)CC(=C)C(=O)OC=C(C)C(=O)OC(CC)C(C(=O)OC)=C(C=CC=C)C=Cc1ccccc1. The zero-order valence-corrected chi connectivity index (χ0v) is 36.5. The lowest BCUT2D eigenvalue weighted by Gasteiger charge is -2.20. The van der Waals surface area contributed by atoms with Gasteiger partial charge in [-0.1, -0.05) is 155 Å². The van der Waals surface area contributed by atoms with Gasteiger partial charge in [-0.2, -0.15) is 0 Å². The summed E-state index contributed by atoms with van der Waals surface area (Å²) in [4.78, 5) is 77.8. The average Bonchev–Trinajstić information content (AvgIpc) is 3.30. The van der Waals surface area contributed by atoms with Gasteiger partial charge in [0.2, 0.25) is 0 Å². The topological polar surface area (TPSA) is 158 Å². The zero-order chi connectivity index (χ0) is 46.7. The lowest BCUT2D eigenvalue weighted by Crippen LogP contribution is -2.27. The van der Waals surface area contributed by atoms with E-state index in [1.807, 2.05) is 60.7 Å². The van der Waals surface area contributed by atoms with Crippen LogP contribution in [-0.4, -0.2) is 62.2 Å². The van der Waals surface area contributed by atoms with E-state index in [0.717, 1.165) is 23.7 Å². The fourth-order valence-electron chi connectivity index (χ4n) is 5.30. The number of benzene rings is 2. The van der Waals surface area contributed by atoms with E-state index in [1.165, 1.54) is 40.2 Å². The maximum atomic E-state index is 13.2. The van der Waals surface area contributed by atoms with E-state index >= 15 is 0 Å². The van der Waals surface area contributed by atoms with Gasteiger partial charge in [-0.05, 0) is 49.0 Å². The normalized spacial score (nSPS) is 13.7. The third-order valence-electron chi connectivity index (χ3n) is 8.65. The molecule has 12 heteroatoms. The summed E-state index contributed by atoms with van der Waals surface area (Å²) >= 11 is 0. The average molecular weight is 859 g/mol. The van der Waals surface area contributed by atoms with Crippen molar-refractivity contribution in [3.8, 4) is 0 Å². The van der Waals surface area contributed by atoms with Crippen molar-refractivity contribution < 1.29 is 57.2 Å². The highest BCUT2D eigenvalue weighted by atomic mass is 16.6. The first kappa shape index (κ1) is 51.5. The van der Waals surface area contributed by atoms with Gasteiger partial charge in [0.05, 0.1) is 42.9 Å². The highest BCUT2D eigenvalue weighted by molar-refractivity contribution is 5.96. The van der Waals surface area contributed by atoms with Crippen molar-refractivity contribution in [1.82, 2.24) is 0 Å². The van der Waals surface area contributed by atoms with Crippen LogP contribution in [0, 0.1) is 0 Å². The van der Waals surface area contributed by atoms with Gasteiger partial charge in [-0.3, -0.25) is 4.79 Å². The summed E-state index contributed by atoms with van der Waals surface area (Å²) in [5, 5.41) is 0. The van der Waals surface area contributed by atoms with E-state index < -0.39 is 54.4 Å². The van der Waals surface area contributed by atoms with Crippen molar-refractivity contribution in [2.24, 2.45) is 0 Å². The molecule has 330 valence electrons. The molecular weight excluding hydrogens is 805 g/mol. The van der Waals surface area contributed by atoms with E-state index in [9.17, 15) is 28.8 Å². The predicted octanol–water partition coefficient (Wildman–Crippen LogP) is 9.32. The van der Waals surface area contributed by atoms with Crippen LogP contribution in [0.4, 0.5) is 0 Å². The predicted molar refractivity (Wildman–Crippen MR) is 242 cm³/mol. The molecule has 2 atom stereocenters. The molecule has 2 unspecified atom stereocenters. The fraction of sp³-hybridized carbons (Fsp3) is 0.216. The Hall–Kier alpha value is -7.60. The third-order valence-corrected chi connectivity index (χ3v) is 8.65. The van der Waals surface area contributed by atoms with Crippen molar-refractivity contribution >= 4 is 48.0 Å². The van der Waals surface area contributed by atoms with Crippen LogP contribution in [0.1, 0.15) is 58.1 Å². The molecule has 63 heavy (non-hydrogen) atoms. The second-order valence-corrected chi connectivity index (χ2v) is 13.3.